The zero-order chi connectivity index (χ0) is 23.5. The first kappa shape index (κ1) is 24.4. The van der Waals surface area contributed by atoms with Gasteiger partial charge in [-0.25, -0.2) is 13.4 Å². The number of methoxy groups -OCH3 is 1. The number of amides is 1. The van der Waals surface area contributed by atoms with Crippen LogP contribution in [0.2, 0.25) is 5.02 Å². The zero-order valence-electron chi connectivity index (χ0n) is 18.5. The number of nitrogens with zero attached hydrogens (tertiary/aromatic N) is 3. The monoisotopic (exact) mass is 495 g/mol. The lowest BCUT2D eigenvalue weighted by molar-refractivity contribution is 0.0983. The van der Waals surface area contributed by atoms with Gasteiger partial charge in [0, 0.05) is 24.9 Å². The van der Waals surface area contributed by atoms with Crippen molar-refractivity contribution in [2.24, 2.45) is 0 Å². The van der Waals surface area contributed by atoms with Crippen LogP contribution in [0.15, 0.2) is 41.3 Å². The van der Waals surface area contributed by atoms with Crippen molar-refractivity contribution in [1.82, 2.24) is 9.88 Å². The highest BCUT2D eigenvalue weighted by molar-refractivity contribution is 7.90. The van der Waals surface area contributed by atoms with Crippen molar-refractivity contribution in [2.75, 3.05) is 44.4 Å². The summed E-state index contributed by atoms with van der Waals surface area (Å²) in [6, 6.07) is 9.55. The molecule has 10 heteroatoms. The summed E-state index contributed by atoms with van der Waals surface area (Å²) in [6.07, 6.45) is 1.12. The molecule has 7 nitrogen and oxygen atoms in total. The molecule has 0 radical (unpaired) electrons. The van der Waals surface area contributed by atoms with E-state index in [-0.39, 0.29) is 16.4 Å². The number of hydrogen-bond acceptors (Lipinski definition) is 7. The summed E-state index contributed by atoms with van der Waals surface area (Å²) in [6.45, 7) is 6.86. The van der Waals surface area contributed by atoms with Gasteiger partial charge in [-0.2, -0.15) is 0 Å². The van der Waals surface area contributed by atoms with Crippen molar-refractivity contribution in [1.29, 1.82) is 0 Å². The van der Waals surface area contributed by atoms with Gasteiger partial charge >= 0.3 is 0 Å². The highest BCUT2D eigenvalue weighted by Crippen LogP contribution is 2.39. The topological polar surface area (TPSA) is 79.8 Å². The second kappa shape index (κ2) is 10.2. The van der Waals surface area contributed by atoms with Crippen molar-refractivity contribution >= 4 is 54.0 Å². The Morgan fingerprint density at radius 3 is 2.50 bits per heavy atom. The quantitative estimate of drug-likeness (QED) is 0.439. The van der Waals surface area contributed by atoms with E-state index in [4.69, 9.17) is 16.3 Å². The molecule has 2 aromatic carbocycles. The molecule has 0 N–H and O–H groups in total. The smallest absolute Gasteiger partial charge is 0.260 e. The van der Waals surface area contributed by atoms with Crippen LogP contribution < -0.4 is 9.64 Å². The van der Waals surface area contributed by atoms with Crippen molar-refractivity contribution in [2.45, 2.75) is 18.7 Å². The number of halogens is 1. The van der Waals surface area contributed by atoms with Gasteiger partial charge < -0.3 is 9.64 Å². The number of likely N-dealkylation sites (N-methyl/N-ethyl adjacent to an activating group) is 1. The van der Waals surface area contributed by atoms with E-state index < -0.39 is 9.84 Å². The molecule has 32 heavy (non-hydrogen) atoms. The van der Waals surface area contributed by atoms with Gasteiger partial charge in [0.2, 0.25) is 0 Å². The van der Waals surface area contributed by atoms with Crippen LogP contribution in [-0.2, 0) is 9.84 Å². The van der Waals surface area contributed by atoms with Crippen LogP contribution in [0.1, 0.15) is 24.2 Å². The van der Waals surface area contributed by atoms with Gasteiger partial charge in [0.25, 0.3) is 5.91 Å². The summed E-state index contributed by atoms with van der Waals surface area (Å²) in [7, 11) is -1.89. The minimum absolute atomic E-state index is 0.0982. The number of fused-ring (bicyclic) bond motifs is 1. The molecule has 0 saturated carbocycles. The van der Waals surface area contributed by atoms with E-state index >= 15 is 0 Å². The minimum Gasteiger partial charge on any atom is -0.494 e. The number of thiazole rings is 1. The Morgan fingerprint density at radius 1 is 1.16 bits per heavy atom. The lowest BCUT2D eigenvalue weighted by Crippen LogP contribution is -2.38. The number of sulfone groups is 1. The van der Waals surface area contributed by atoms with Gasteiger partial charge in [-0.05, 0) is 43.4 Å². The SMILES string of the molecule is CCN(CC)CCN(C(=O)c1cccc(S(C)(=O)=O)c1)c1nc2c(OC)ccc(Cl)c2s1. The van der Waals surface area contributed by atoms with Crippen molar-refractivity contribution in [3.8, 4) is 5.75 Å². The first-order valence-corrected chi connectivity index (χ1v) is 13.3. The summed E-state index contributed by atoms with van der Waals surface area (Å²) in [4.78, 5) is 22.1. The van der Waals surface area contributed by atoms with Crippen LogP contribution in [0.5, 0.6) is 5.75 Å². The predicted molar refractivity (Wildman–Crippen MR) is 130 cm³/mol. The van der Waals surface area contributed by atoms with Gasteiger partial charge in [0.1, 0.15) is 11.3 Å². The number of benzene rings is 2. The standard InChI is InChI=1S/C22H26ClN3O4S2/c1-5-25(6-2)12-13-26(21(27)15-8-7-9-16(14-15)32(4,28)29)22-24-19-18(30-3)11-10-17(23)20(19)31-22/h7-11,14H,5-6,12-13H2,1-4H3. The Balaban J connectivity index is 2.07. The van der Waals surface area contributed by atoms with Crippen molar-refractivity contribution in [3.63, 3.8) is 0 Å². The minimum atomic E-state index is -3.44. The molecule has 0 saturated heterocycles. The van der Waals surface area contributed by atoms with E-state index in [1.807, 2.05) is 0 Å². The maximum absolute atomic E-state index is 13.5. The third-order valence-corrected chi connectivity index (χ3v) is 7.84. The molecule has 0 spiro atoms. The van der Waals surface area contributed by atoms with Gasteiger partial charge in [0.15, 0.2) is 15.0 Å². The van der Waals surface area contributed by atoms with E-state index in [0.29, 0.717) is 34.5 Å². The molecule has 3 aromatic rings. The number of rotatable bonds is 9. The predicted octanol–water partition coefficient (Wildman–Crippen LogP) is 4.35. The lowest BCUT2D eigenvalue weighted by atomic mass is 10.2. The average Bonchev–Trinajstić information content (AvgIpc) is 3.22. The van der Waals surface area contributed by atoms with Crippen LogP contribution in [0.25, 0.3) is 10.2 Å². The maximum Gasteiger partial charge on any atom is 0.260 e. The highest BCUT2D eigenvalue weighted by atomic mass is 35.5. The third kappa shape index (κ3) is 5.23. The number of hydrogen-bond donors (Lipinski definition) is 0. The second-order valence-electron chi connectivity index (χ2n) is 7.21. The van der Waals surface area contributed by atoms with E-state index in [9.17, 15) is 13.2 Å². The van der Waals surface area contributed by atoms with Gasteiger partial charge in [-0.3, -0.25) is 9.69 Å². The van der Waals surface area contributed by atoms with Crippen molar-refractivity contribution < 1.29 is 17.9 Å². The third-order valence-electron chi connectivity index (χ3n) is 5.19. The second-order valence-corrected chi connectivity index (χ2v) is 10.6. The van der Waals surface area contributed by atoms with E-state index in [2.05, 4.69) is 23.7 Å². The summed E-state index contributed by atoms with van der Waals surface area (Å²) in [5.41, 5.74) is 0.871. The van der Waals surface area contributed by atoms with Crippen LogP contribution in [0, 0.1) is 0 Å². The van der Waals surface area contributed by atoms with Crippen LogP contribution in [-0.4, -0.2) is 63.8 Å². The fourth-order valence-electron chi connectivity index (χ4n) is 3.30. The molecule has 3 rings (SSSR count). The number of anilines is 1. The fourth-order valence-corrected chi connectivity index (χ4v) is 5.25. The summed E-state index contributed by atoms with van der Waals surface area (Å²) < 4.78 is 30.1. The molecular formula is C22H26ClN3O4S2. The molecular weight excluding hydrogens is 470 g/mol. The van der Waals surface area contributed by atoms with Gasteiger partial charge in [-0.15, -0.1) is 0 Å². The van der Waals surface area contributed by atoms with E-state index in [1.165, 1.54) is 23.5 Å². The molecule has 1 aromatic heterocycles. The molecule has 0 aliphatic heterocycles. The normalized spacial score (nSPS) is 11.8. The van der Waals surface area contributed by atoms with E-state index in [0.717, 1.165) is 24.0 Å². The molecule has 0 aliphatic rings. The lowest BCUT2D eigenvalue weighted by Gasteiger charge is -2.25. The van der Waals surface area contributed by atoms with Gasteiger partial charge in [-0.1, -0.05) is 42.9 Å². The Bertz CT molecular complexity index is 1220. The van der Waals surface area contributed by atoms with Crippen molar-refractivity contribution in [3.05, 3.63) is 47.0 Å². The number of aromatic nitrogens is 1. The Kier molecular flexibility index (Phi) is 7.76. The molecule has 0 atom stereocenters. The molecule has 0 unspecified atom stereocenters. The average molecular weight is 496 g/mol. The summed E-state index contributed by atoms with van der Waals surface area (Å²) in [5.74, 6) is 0.249. The number of ether oxygens (including phenoxy) is 1. The highest BCUT2D eigenvalue weighted by Gasteiger charge is 2.24. The summed E-state index contributed by atoms with van der Waals surface area (Å²) in [5, 5.41) is 1.01. The molecule has 1 amide bonds. The van der Waals surface area contributed by atoms with Crippen LogP contribution in [0.3, 0.4) is 0 Å². The first-order chi connectivity index (χ1) is 15.2. The largest absolute Gasteiger partial charge is 0.494 e. The fraction of sp³-hybridized carbons (Fsp3) is 0.364. The molecule has 0 fully saturated rings. The maximum atomic E-state index is 13.5. The number of carbonyl (C=O) groups is 1. The Morgan fingerprint density at radius 2 is 1.88 bits per heavy atom. The zero-order valence-corrected chi connectivity index (χ0v) is 20.9. The number of carbonyl (C=O) groups excluding carboxylic acids is 1. The Labute approximate surface area is 197 Å². The molecule has 172 valence electrons. The molecule has 0 bridgehead atoms. The van der Waals surface area contributed by atoms with Crippen LogP contribution >= 0.6 is 22.9 Å². The Hall–Kier alpha value is -2.20. The van der Waals surface area contributed by atoms with Crippen LogP contribution in [0.4, 0.5) is 5.13 Å². The van der Waals surface area contributed by atoms with E-state index in [1.54, 1.807) is 36.3 Å². The first-order valence-electron chi connectivity index (χ1n) is 10.2. The molecule has 1 heterocycles. The van der Waals surface area contributed by atoms with Gasteiger partial charge in [0.05, 0.1) is 21.7 Å². The summed E-state index contributed by atoms with van der Waals surface area (Å²) >= 11 is 7.69. The molecule has 0 aliphatic carbocycles.